The number of hydrogen-bond acceptors (Lipinski definition) is 3. The average Bonchev–Trinajstić information content (AvgIpc) is 2.47. The summed E-state index contributed by atoms with van der Waals surface area (Å²) in [6, 6.07) is 9.89. The molecule has 0 aliphatic carbocycles. The number of carbonyl (C=O) groups is 1. The van der Waals surface area contributed by atoms with E-state index in [0.29, 0.717) is 0 Å². The van der Waals surface area contributed by atoms with Crippen LogP contribution in [0.4, 0.5) is 5.69 Å². The SMILES string of the molecule is Cc1cc(NC(=O)C2CCN(C)CC2)c2ccccc2n1. The largest absolute Gasteiger partial charge is 0.325 e. The zero-order valence-corrected chi connectivity index (χ0v) is 12.6. The molecule has 1 amide bonds. The molecule has 0 spiro atoms. The van der Waals surface area contributed by atoms with Crippen molar-refractivity contribution in [1.82, 2.24) is 9.88 Å². The summed E-state index contributed by atoms with van der Waals surface area (Å²) in [6.45, 7) is 3.94. The third-order valence-electron chi connectivity index (χ3n) is 4.19. The fraction of sp³-hybridized carbons (Fsp3) is 0.412. The van der Waals surface area contributed by atoms with Gasteiger partial charge in [0.05, 0.1) is 11.2 Å². The van der Waals surface area contributed by atoms with Crippen LogP contribution in [0.15, 0.2) is 30.3 Å². The molecule has 0 saturated carbocycles. The van der Waals surface area contributed by atoms with E-state index in [1.165, 1.54) is 0 Å². The smallest absolute Gasteiger partial charge is 0.227 e. The van der Waals surface area contributed by atoms with Crippen molar-refractivity contribution in [3.8, 4) is 0 Å². The quantitative estimate of drug-likeness (QED) is 0.922. The molecule has 1 aromatic carbocycles. The van der Waals surface area contributed by atoms with Crippen LogP contribution in [0.2, 0.25) is 0 Å². The molecule has 0 bridgehead atoms. The van der Waals surface area contributed by atoms with Gasteiger partial charge in [0.2, 0.25) is 5.91 Å². The summed E-state index contributed by atoms with van der Waals surface area (Å²) in [5.41, 5.74) is 2.73. The zero-order chi connectivity index (χ0) is 14.8. The normalized spacial score (nSPS) is 17.0. The number of aryl methyl sites for hydroxylation is 1. The minimum atomic E-state index is 0.119. The first-order valence-electron chi connectivity index (χ1n) is 7.49. The maximum absolute atomic E-state index is 12.5. The van der Waals surface area contributed by atoms with E-state index in [1.807, 2.05) is 37.3 Å². The molecule has 2 aromatic rings. The summed E-state index contributed by atoms with van der Waals surface area (Å²) in [4.78, 5) is 19.3. The Morgan fingerprint density at radius 2 is 2.00 bits per heavy atom. The summed E-state index contributed by atoms with van der Waals surface area (Å²) < 4.78 is 0. The van der Waals surface area contributed by atoms with Crippen molar-refractivity contribution in [3.05, 3.63) is 36.0 Å². The van der Waals surface area contributed by atoms with Gasteiger partial charge in [-0.25, -0.2) is 0 Å². The molecular weight excluding hydrogens is 262 g/mol. The molecule has 2 heterocycles. The summed E-state index contributed by atoms with van der Waals surface area (Å²) in [5, 5.41) is 4.12. The van der Waals surface area contributed by atoms with E-state index >= 15 is 0 Å². The number of amides is 1. The Morgan fingerprint density at radius 1 is 1.29 bits per heavy atom. The first-order valence-corrected chi connectivity index (χ1v) is 7.49. The van der Waals surface area contributed by atoms with Gasteiger partial charge in [-0.05, 0) is 52.0 Å². The van der Waals surface area contributed by atoms with E-state index < -0.39 is 0 Å². The Morgan fingerprint density at radius 3 is 2.76 bits per heavy atom. The highest BCUT2D eigenvalue weighted by atomic mass is 16.1. The Bertz CT molecular complexity index is 660. The lowest BCUT2D eigenvalue weighted by atomic mass is 9.96. The fourth-order valence-electron chi connectivity index (χ4n) is 2.92. The van der Waals surface area contributed by atoms with Crippen LogP contribution < -0.4 is 5.32 Å². The standard InChI is InChI=1S/C17H21N3O/c1-12-11-16(14-5-3-4-6-15(14)18-12)19-17(21)13-7-9-20(2)10-8-13/h3-6,11,13H,7-10H2,1-2H3,(H,18,19,21). The van der Waals surface area contributed by atoms with E-state index in [0.717, 1.165) is 48.2 Å². The molecule has 1 fully saturated rings. The van der Waals surface area contributed by atoms with Gasteiger partial charge in [0, 0.05) is 17.0 Å². The zero-order valence-electron chi connectivity index (χ0n) is 12.6. The van der Waals surface area contributed by atoms with Crippen LogP contribution in [0.25, 0.3) is 10.9 Å². The lowest BCUT2D eigenvalue weighted by molar-refractivity contribution is -0.121. The number of nitrogens with zero attached hydrogens (tertiary/aromatic N) is 2. The minimum absolute atomic E-state index is 0.119. The second-order valence-corrected chi connectivity index (χ2v) is 5.90. The van der Waals surface area contributed by atoms with E-state index in [4.69, 9.17) is 0 Å². The van der Waals surface area contributed by atoms with E-state index in [1.54, 1.807) is 0 Å². The highest BCUT2D eigenvalue weighted by molar-refractivity contribution is 6.01. The first kappa shape index (κ1) is 14.0. The van der Waals surface area contributed by atoms with Crippen molar-refractivity contribution in [2.75, 3.05) is 25.5 Å². The molecule has 1 aromatic heterocycles. The van der Waals surface area contributed by atoms with Gasteiger partial charge in [-0.15, -0.1) is 0 Å². The van der Waals surface area contributed by atoms with Gasteiger partial charge >= 0.3 is 0 Å². The highest BCUT2D eigenvalue weighted by Crippen LogP contribution is 2.25. The molecule has 4 heteroatoms. The average molecular weight is 283 g/mol. The molecule has 1 N–H and O–H groups in total. The van der Waals surface area contributed by atoms with Crippen molar-refractivity contribution >= 4 is 22.5 Å². The summed E-state index contributed by atoms with van der Waals surface area (Å²) in [5.74, 6) is 0.257. The molecule has 21 heavy (non-hydrogen) atoms. The second-order valence-electron chi connectivity index (χ2n) is 5.90. The van der Waals surface area contributed by atoms with Crippen LogP contribution in [-0.2, 0) is 4.79 Å². The molecule has 110 valence electrons. The van der Waals surface area contributed by atoms with Gasteiger partial charge in [0.1, 0.15) is 0 Å². The third-order valence-corrected chi connectivity index (χ3v) is 4.19. The van der Waals surface area contributed by atoms with Gasteiger partial charge in [-0.3, -0.25) is 9.78 Å². The van der Waals surface area contributed by atoms with Gasteiger partial charge in [0.25, 0.3) is 0 Å². The number of anilines is 1. The third kappa shape index (κ3) is 3.05. The van der Waals surface area contributed by atoms with Gasteiger partial charge in [0.15, 0.2) is 0 Å². The van der Waals surface area contributed by atoms with E-state index in [-0.39, 0.29) is 11.8 Å². The molecule has 1 saturated heterocycles. The Labute approximate surface area is 125 Å². The summed E-state index contributed by atoms with van der Waals surface area (Å²) >= 11 is 0. The number of nitrogens with one attached hydrogen (secondary N) is 1. The molecule has 0 unspecified atom stereocenters. The number of benzene rings is 1. The number of piperidine rings is 1. The molecule has 1 aliphatic rings. The maximum atomic E-state index is 12.5. The lowest BCUT2D eigenvalue weighted by Gasteiger charge is -2.28. The van der Waals surface area contributed by atoms with Gasteiger partial charge in [-0.2, -0.15) is 0 Å². The van der Waals surface area contributed by atoms with Gasteiger partial charge in [-0.1, -0.05) is 18.2 Å². The first-order chi connectivity index (χ1) is 10.1. The van der Waals surface area contributed by atoms with E-state index in [2.05, 4.69) is 22.2 Å². The van der Waals surface area contributed by atoms with Gasteiger partial charge < -0.3 is 10.2 Å². The molecule has 4 nitrogen and oxygen atoms in total. The van der Waals surface area contributed by atoms with Crippen LogP contribution in [-0.4, -0.2) is 35.9 Å². The van der Waals surface area contributed by atoms with Crippen LogP contribution in [0.3, 0.4) is 0 Å². The predicted molar refractivity (Wildman–Crippen MR) is 85.3 cm³/mol. The molecule has 1 aliphatic heterocycles. The minimum Gasteiger partial charge on any atom is -0.325 e. The molecule has 3 rings (SSSR count). The monoisotopic (exact) mass is 283 g/mol. The number of pyridine rings is 1. The van der Waals surface area contributed by atoms with Crippen molar-refractivity contribution in [3.63, 3.8) is 0 Å². The fourth-order valence-corrected chi connectivity index (χ4v) is 2.92. The van der Waals surface area contributed by atoms with Crippen LogP contribution in [0.1, 0.15) is 18.5 Å². The van der Waals surface area contributed by atoms with Crippen molar-refractivity contribution < 1.29 is 4.79 Å². The molecule has 0 radical (unpaired) electrons. The number of fused-ring (bicyclic) bond motifs is 1. The number of aromatic nitrogens is 1. The predicted octanol–water partition coefficient (Wildman–Crippen LogP) is 2.82. The highest BCUT2D eigenvalue weighted by Gasteiger charge is 2.23. The lowest BCUT2D eigenvalue weighted by Crippen LogP contribution is -2.35. The maximum Gasteiger partial charge on any atom is 0.227 e. The topological polar surface area (TPSA) is 45.2 Å². The Hall–Kier alpha value is -1.94. The second kappa shape index (κ2) is 5.82. The number of rotatable bonds is 2. The van der Waals surface area contributed by atoms with Crippen molar-refractivity contribution in [1.29, 1.82) is 0 Å². The van der Waals surface area contributed by atoms with Crippen LogP contribution in [0, 0.1) is 12.8 Å². The van der Waals surface area contributed by atoms with Crippen molar-refractivity contribution in [2.24, 2.45) is 5.92 Å². The number of para-hydroxylation sites is 1. The van der Waals surface area contributed by atoms with Crippen molar-refractivity contribution in [2.45, 2.75) is 19.8 Å². The Balaban J connectivity index is 1.83. The summed E-state index contributed by atoms with van der Waals surface area (Å²) in [7, 11) is 2.11. The number of hydrogen-bond donors (Lipinski definition) is 1. The molecular formula is C17H21N3O. The summed E-state index contributed by atoms with van der Waals surface area (Å²) in [6.07, 6.45) is 1.87. The van der Waals surface area contributed by atoms with Crippen LogP contribution >= 0.6 is 0 Å². The number of carbonyl (C=O) groups excluding carboxylic acids is 1. The Kier molecular flexibility index (Phi) is 3.88. The number of likely N-dealkylation sites (tertiary alicyclic amines) is 1. The van der Waals surface area contributed by atoms with Crippen LogP contribution in [0.5, 0.6) is 0 Å². The molecule has 0 atom stereocenters. The van der Waals surface area contributed by atoms with E-state index in [9.17, 15) is 4.79 Å².